The van der Waals surface area contributed by atoms with E-state index in [1.165, 1.54) is 12.0 Å². The average Bonchev–Trinajstić information content (AvgIpc) is 2.67. The normalized spacial score (nSPS) is 19.2. The Morgan fingerprint density at radius 3 is 2.83 bits per heavy atom. The molecule has 1 aliphatic heterocycles. The maximum Gasteiger partial charge on any atom is 0.340 e. The third kappa shape index (κ3) is 2.39. The second-order valence-electron chi connectivity index (χ2n) is 4.02. The van der Waals surface area contributed by atoms with Crippen molar-refractivity contribution in [2.45, 2.75) is 12.5 Å². The SMILES string of the molecule is COC(=O)c1cc(Br)ccc1N1CC(O)CC1=O. The number of methoxy groups -OCH3 is 1. The lowest BCUT2D eigenvalue weighted by molar-refractivity contribution is -0.117. The van der Waals surface area contributed by atoms with Crippen molar-refractivity contribution in [3.05, 3.63) is 28.2 Å². The van der Waals surface area contributed by atoms with Gasteiger partial charge in [0.25, 0.3) is 0 Å². The number of amides is 1. The largest absolute Gasteiger partial charge is 0.465 e. The van der Waals surface area contributed by atoms with E-state index in [2.05, 4.69) is 15.9 Å². The first kappa shape index (κ1) is 13.0. The number of aliphatic hydroxyl groups is 1. The molecule has 96 valence electrons. The molecular formula is C12H12BrNO4. The molecule has 0 spiro atoms. The van der Waals surface area contributed by atoms with Crippen LogP contribution in [0.4, 0.5) is 5.69 Å². The van der Waals surface area contributed by atoms with Crippen LogP contribution in [0.1, 0.15) is 16.8 Å². The Kier molecular flexibility index (Phi) is 3.68. The molecule has 1 N–H and O–H groups in total. The van der Waals surface area contributed by atoms with Crippen molar-refractivity contribution >= 4 is 33.5 Å². The second-order valence-corrected chi connectivity index (χ2v) is 4.93. The topological polar surface area (TPSA) is 66.8 Å². The van der Waals surface area contributed by atoms with Gasteiger partial charge in [0.1, 0.15) is 0 Å². The van der Waals surface area contributed by atoms with Gasteiger partial charge in [0.15, 0.2) is 0 Å². The maximum absolute atomic E-state index is 11.7. The Bertz CT molecular complexity index is 503. The molecule has 5 nitrogen and oxygen atoms in total. The van der Waals surface area contributed by atoms with E-state index in [0.717, 1.165) is 4.47 Å². The summed E-state index contributed by atoms with van der Waals surface area (Å²) >= 11 is 3.27. The van der Waals surface area contributed by atoms with Crippen LogP contribution >= 0.6 is 15.9 Å². The zero-order valence-electron chi connectivity index (χ0n) is 9.72. The molecule has 1 amide bonds. The minimum absolute atomic E-state index is 0.0800. The number of hydrogen-bond donors (Lipinski definition) is 1. The smallest absolute Gasteiger partial charge is 0.340 e. The molecule has 1 saturated heterocycles. The van der Waals surface area contributed by atoms with Gasteiger partial charge in [0.05, 0.1) is 37.4 Å². The first-order valence-corrected chi connectivity index (χ1v) is 6.18. The van der Waals surface area contributed by atoms with Crippen LogP contribution in [-0.4, -0.2) is 36.7 Å². The lowest BCUT2D eigenvalue weighted by Gasteiger charge is -2.19. The molecule has 0 bridgehead atoms. The highest BCUT2D eigenvalue weighted by atomic mass is 79.9. The molecule has 1 aromatic rings. The Balaban J connectivity index is 2.44. The van der Waals surface area contributed by atoms with Crippen molar-refractivity contribution in [1.82, 2.24) is 0 Å². The summed E-state index contributed by atoms with van der Waals surface area (Å²) < 4.78 is 5.41. The fourth-order valence-corrected chi connectivity index (χ4v) is 2.30. The lowest BCUT2D eigenvalue weighted by atomic mass is 10.1. The second kappa shape index (κ2) is 5.07. The highest BCUT2D eigenvalue weighted by Crippen LogP contribution is 2.28. The summed E-state index contributed by atoms with van der Waals surface area (Å²) in [4.78, 5) is 24.8. The highest BCUT2D eigenvalue weighted by molar-refractivity contribution is 9.10. The number of aliphatic hydroxyl groups excluding tert-OH is 1. The summed E-state index contributed by atoms with van der Waals surface area (Å²) in [5.74, 6) is -0.713. The Morgan fingerprint density at radius 1 is 1.56 bits per heavy atom. The third-order valence-electron chi connectivity index (χ3n) is 2.76. The van der Waals surface area contributed by atoms with Gasteiger partial charge in [-0.15, -0.1) is 0 Å². The zero-order chi connectivity index (χ0) is 13.3. The molecule has 0 aromatic heterocycles. The van der Waals surface area contributed by atoms with E-state index in [9.17, 15) is 14.7 Å². The number of nitrogens with zero attached hydrogens (tertiary/aromatic N) is 1. The summed E-state index contributed by atoms with van der Waals surface area (Å²) in [6.45, 7) is 0.199. The van der Waals surface area contributed by atoms with Crippen LogP contribution in [0.25, 0.3) is 0 Å². The molecule has 1 atom stereocenters. The van der Waals surface area contributed by atoms with Crippen LogP contribution in [0.2, 0.25) is 0 Å². The van der Waals surface area contributed by atoms with Crippen molar-refractivity contribution in [2.24, 2.45) is 0 Å². The number of β-amino-alcohol motifs (C(OH)–C–C–N with tert-alkyl or cyclic N) is 1. The van der Waals surface area contributed by atoms with Gasteiger partial charge >= 0.3 is 5.97 Å². The number of carbonyl (C=O) groups excluding carboxylic acids is 2. The predicted octanol–water partition coefficient (Wildman–Crippen LogP) is 1.33. The molecule has 0 radical (unpaired) electrons. The zero-order valence-corrected chi connectivity index (χ0v) is 11.3. The van der Waals surface area contributed by atoms with Crippen LogP contribution in [0, 0.1) is 0 Å². The summed E-state index contributed by atoms with van der Waals surface area (Å²) in [7, 11) is 1.29. The van der Waals surface area contributed by atoms with Crippen molar-refractivity contribution in [2.75, 3.05) is 18.6 Å². The number of ether oxygens (including phenoxy) is 1. The lowest BCUT2D eigenvalue weighted by Crippen LogP contribution is -2.27. The van der Waals surface area contributed by atoms with Gasteiger partial charge in [-0.2, -0.15) is 0 Å². The molecule has 1 unspecified atom stereocenters. The van der Waals surface area contributed by atoms with Gasteiger partial charge in [-0.05, 0) is 18.2 Å². The van der Waals surface area contributed by atoms with E-state index in [0.29, 0.717) is 11.3 Å². The van der Waals surface area contributed by atoms with E-state index < -0.39 is 12.1 Å². The number of anilines is 1. The van der Waals surface area contributed by atoms with Crippen LogP contribution < -0.4 is 4.90 Å². The standard InChI is InChI=1S/C12H12BrNO4/c1-18-12(17)9-4-7(13)2-3-10(9)14-6-8(15)5-11(14)16/h2-4,8,15H,5-6H2,1H3. The number of hydrogen-bond acceptors (Lipinski definition) is 4. The molecule has 2 rings (SSSR count). The molecule has 0 saturated carbocycles. The van der Waals surface area contributed by atoms with Crippen LogP contribution in [0.3, 0.4) is 0 Å². The number of benzene rings is 1. The first-order chi connectivity index (χ1) is 8.52. The molecule has 6 heteroatoms. The number of carbonyl (C=O) groups is 2. The van der Waals surface area contributed by atoms with Gasteiger partial charge in [-0.3, -0.25) is 4.79 Å². The molecule has 1 aromatic carbocycles. The quantitative estimate of drug-likeness (QED) is 0.837. The van der Waals surface area contributed by atoms with E-state index in [-0.39, 0.29) is 18.9 Å². The van der Waals surface area contributed by atoms with E-state index in [1.54, 1.807) is 18.2 Å². The Labute approximate surface area is 112 Å². The molecule has 1 heterocycles. The fourth-order valence-electron chi connectivity index (χ4n) is 1.94. The van der Waals surface area contributed by atoms with Gasteiger partial charge in [0.2, 0.25) is 5.91 Å². The summed E-state index contributed by atoms with van der Waals surface area (Å²) in [5, 5.41) is 9.48. The van der Waals surface area contributed by atoms with Crippen molar-refractivity contribution in [3.8, 4) is 0 Å². The first-order valence-electron chi connectivity index (χ1n) is 5.39. The number of rotatable bonds is 2. The molecule has 18 heavy (non-hydrogen) atoms. The van der Waals surface area contributed by atoms with Crippen molar-refractivity contribution < 1.29 is 19.4 Å². The van der Waals surface area contributed by atoms with Gasteiger partial charge in [-0.1, -0.05) is 15.9 Å². The van der Waals surface area contributed by atoms with Gasteiger partial charge in [0, 0.05) is 4.47 Å². The van der Waals surface area contributed by atoms with Gasteiger partial charge in [-0.25, -0.2) is 4.79 Å². The summed E-state index contributed by atoms with van der Waals surface area (Å²) in [5.41, 5.74) is 0.765. The third-order valence-corrected chi connectivity index (χ3v) is 3.25. The minimum Gasteiger partial charge on any atom is -0.465 e. The molecule has 1 fully saturated rings. The monoisotopic (exact) mass is 313 g/mol. The fraction of sp³-hybridized carbons (Fsp3) is 0.333. The maximum atomic E-state index is 11.7. The molecule has 0 aliphatic carbocycles. The number of esters is 1. The van der Waals surface area contributed by atoms with Crippen molar-refractivity contribution in [1.29, 1.82) is 0 Å². The van der Waals surface area contributed by atoms with Crippen LogP contribution in [-0.2, 0) is 9.53 Å². The summed E-state index contributed by atoms with van der Waals surface area (Å²) in [6, 6.07) is 4.99. The molecular weight excluding hydrogens is 302 g/mol. The predicted molar refractivity (Wildman–Crippen MR) is 68.5 cm³/mol. The Morgan fingerprint density at radius 2 is 2.28 bits per heavy atom. The molecule has 1 aliphatic rings. The average molecular weight is 314 g/mol. The Hall–Kier alpha value is -1.40. The highest BCUT2D eigenvalue weighted by Gasteiger charge is 2.31. The van der Waals surface area contributed by atoms with Crippen molar-refractivity contribution in [3.63, 3.8) is 0 Å². The summed E-state index contributed by atoms with van der Waals surface area (Å²) in [6.07, 6.45) is -0.608. The van der Waals surface area contributed by atoms with Crippen LogP contribution in [0.5, 0.6) is 0 Å². The minimum atomic E-state index is -0.688. The number of halogens is 1. The van der Waals surface area contributed by atoms with Crippen LogP contribution in [0.15, 0.2) is 22.7 Å². The van der Waals surface area contributed by atoms with E-state index in [1.807, 2.05) is 0 Å². The van der Waals surface area contributed by atoms with Gasteiger partial charge < -0.3 is 14.7 Å². The van der Waals surface area contributed by atoms with E-state index in [4.69, 9.17) is 4.74 Å². The van der Waals surface area contributed by atoms with E-state index >= 15 is 0 Å².